The largest absolute Gasteiger partial charge is 0.443 e. The molecule has 0 bridgehead atoms. The van der Waals surface area contributed by atoms with Gasteiger partial charge in [0.05, 0.1) is 18.9 Å². The molecule has 7 heteroatoms. The molecule has 7 nitrogen and oxygen atoms in total. The molecule has 0 unspecified atom stereocenters. The number of amides is 1. The Morgan fingerprint density at radius 2 is 2.26 bits per heavy atom. The molecule has 3 aromatic rings. The molecule has 0 fully saturated rings. The predicted molar refractivity (Wildman–Crippen MR) is 99.3 cm³/mol. The van der Waals surface area contributed by atoms with Gasteiger partial charge in [-0.1, -0.05) is 23.8 Å². The maximum Gasteiger partial charge on any atom is 0.273 e. The number of carbonyl (C=O) groups excluding carboxylic acids is 1. The summed E-state index contributed by atoms with van der Waals surface area (Å²) in [5, 5.41) is 7.50. The van der Waals surface area contributed by atoms with Crippen molar-refractivity contribution >= 4 is 5.91 Å². The minimum absolute atomic E-state index is 0.249. The predicted octanol–water partition coefficient (Wildman–Crippen LogP) is 2.43. The van der Waals surface area contributed by atoms with E-state index in [0.29, 0.717) is 31.0 Å². The maximum atomic E-state index is 12.6. The van der Waals surface area contributed by atoms with Crippen molar-refractivity contribution in [3.8, 4) is 11.3 Å². The van der Waals surface area contributed by atoms with Gasteiger partial charge in [0, 0.05) is 43.3 Å². The van der Waals surface area contributed by atoms with Gasteiger partial charge in [-0.25, -0.2) is 4.98 Å². The molecular weight excluding hydrogens is 344 g/mol. The molecular formula is C20H22N4O3. The third-order valence-electron chi connectivity index (χ3n) is 4.80. The molecule has 3 heterocycles. The molecule has 2 aromatic heterocycles. The Labute approximate surface area is 157 Å². The van der Waals surface area contributed by atoms with Crippen LogP contribution in [0.3, 0.4) is 0 Å². The Morgan fingerprint density at radius 3 is 3.11 bits per heavy atom. The monoisotopic (exact) mass is 366 g/mol. The number of aromatic nitrogens is 3. The van der Waals surface area contributed by atoms with E-state index in [4.69, 9.17) is 9.15 Å². The van der Waals surface area contributed by atoms with Gasteiger partial charge < -0.3 is 14.5 Å². The summed E-state index contributed by atoms with van der Waals surface area (Å²) in [6.07, 6.45) is 2.83. The highest BCUT2D eigenvalue weighted by atomic mass is 16.5. The standard InChI is InChI=1S/C20H22N4O3/c1-13-4-3-5-14(10-13)19-18(22-12-27-19)20(25)21-8-6-16-15-11-26-9-7-17(15)24(2)23-16/h3-5,10,12H,6-9,11H2,1-2H3,(H,21,25). The quantitative estimate of drug-likeness (QED) is 0.750. The van der Waals surface area contributed by atoms with Crippen LogP contribution in [0.5, 0.6) is 0 Å². The molecule has 1 aliphatic heterocycles. The van der Waals surface area contributed by atoms with Crippen LogP contribution in [0, 0.1) is 6.92 Å². The fraction of sp³-hybridized carbons (Fsp3) is 0.350. The number of ether oxygens (including phenoxy) is 1. The van der Waals surface area contributed by atoms with Crippen LogP contribution in [-0.4, -0.2) is 33.8 Å². The topological polar surface area (TPSA) is 82.2 Å². The van der Waals surface area contributed by atoms with Crippen LogP contribution < -0.4 is 5.32 Å². The van der Waals surface area contributed by atoms with Crippen molar-refractivity contribution in [3.05, 3.63) is 58.9 Å². The summed E-state index contributed by atoms with van der Waals surface area (Å²) in [6.45, 7) is 3.79. The Bertz CT molecular complexity index is 974. The van der Waals surface area contributed by atoms with Crippen LogP contribution in [-0.2, 0) is 31.2 Å². The van der Waals surface area contributed by atoms with Gasteiger partial charge in [-0.2, -0.15) is 5.10 Å². The minimum atomic E-state index is -0.249. The SMILES string of the molecule is Cc1cccc(-c2ocnc2C(=O)NCCc2nn(C)c3c2COCC3)c1. The lowest BCUT2D eigenvalue weighted by molar-refractivity contribution is 0.0949. The molecule has 4 rings (SSSR count). The highest BCUT2D eigenvalue weighted by molar-refractivity contribution is 5.97. The van der Waals surface area contributed by atoms with Crippen LogP contribution >= 0.6 is 0 Å². The zero-order chi connectivity index (χ0) is 18.8. The second-order valence-electron chi connectivity index (χ2n) is 6.70. The summed E-state index contributed by atoms with van der Waals surface area (Å²) in [6, 6.07) is 7.81. The molecule has 0 spiro atoms. The Balaban J connectivity index is 1.43. The maximum absolute atomic E-state index is 12.6. The summed E-state index contributed by atoms with van der Waals surface area (Å²) in [5.41, 5.74) is 5.59. The van der Waals surface area contributed by atoms with Crippen molar-refractivity contribution in [3.63, 3.8) is 0 Å². The second kappa shape index (κ2) is 7.36. The van der Waals surface area contributed by atoms with Crippen molar-refractivity contribution in [2.24, 2.45) is 7.05 Å². The normalized spacial score (nSPS) is 13.4. The number of nitrogens with one attached hydrogen (secondary N) is 1. The number of benzene rings is 1. The van der Waals surface area contributed by atoms with Crippen LogP contribution in [0.2, 0.25) is 0 Å². The van der Waals surface area contributed by atoms with Crippen LogP contribution in [0.25, 0.3) is 11.3 Å². The summed E-state index contributed by atoms with van der Waals surface area (Å²) in [7, 11) is 1.95. The summed E-state index contributed by atoms with van der Waals surface area (Å²) in [4.78, 5) is 16.7. The molecule has 0 radical (unpaired) electrons. The number of carbonyl (C=O) groups is 1. The molecule has 1 amide bonds. The molecule has 27 heavy (non-hydrogen) atoms. The highest BCUT2D eigenvalue weighted by Crippen LogP contribution is 2.24. The number of rotatable bonds is 5. The van der Waals surface area contributed by atoms with Gasteiger partial charge in [0.1, 0.15) is 0 Å². The number of fused-ring (bicyclic) bond motifs is 1. The molecule has 1 N–H and O–H groups in total. The van der Waals surface area contributed by atoms with E-state index in [1.807, 2.05) is 42.9 Å². The fourth-order valence-corrected chi connectivity index (χ4v) is 3.46. The molecule has 0 atom stereocenters. The van der Waals surface area contributed by atoms with Gasteiger partial charge >= 0.3 is 0 Å². The van der Waals surface area contributed by atoms with Crippen LogP contribution in [0.4, 0.5) is 0 Å². The molecule has 0 saturated carbocycles. The number of nitrogens with zero attached hydrogens (tertiary/aromatic N) is 3. The first kappa shape index (κ1) is 17.5. The van der Waals surface area contributed by atoms with Gasteiger partial charge in [-0.05, 0) is 13.0 Å². The number of hydrogen-bond donors (Lipinski definition) is 1. The third kappa shape index (κ3) is 3.50. The molecule has 0 aliphatic carbocycles. The van der Waals surface area contributed by atoms with Crippen molar-refractivity contribution < 1.29 is 13.9 Å². The van der Waals surface area contributed by atoms with E-state index >= 15 is 0 Å². The molecule has 1 aliphatic rings. The van der Waals surface area contributed by atoms with Crippen molar-refractivity contribution in [2.45, 2.75) is 26.4 Å². The Hall–Kier alpha value is -2.93. The van der Waals surface area contributed by atoms with E-state index in [9.17, 15) is 4.79 Å². The van der Waals surface area contributed by atoms with Gasteiger partial charge in [0.15, 0.2) is 17.8 Å². The van der Waals surface area contributed by atoms with Crippen LogP contribution in [0.1, 0.15) is 33.0 Å². The average Bonchev–Trinajstić information content (AvgIpc) is 3.28. The lowest BCUT2D eigenvalue weighted by Crippen LogP contribution is -2.27. The molecule has 0 saturated heterocycles. The lowest BCUT2D eigenvalue weighted by atomic mass is 10.1. The van der Waals surface area contributed by atoms with E-state index in [1.165, 1.54) is 12.1 Å². The van der Waals surface area contributed by atoms with E-state index in [1.54, 1.807) is 0 Å². The first-order valence-electron chi connectivity index (χ1n) is 9.03. The van der Waals surface area contributed by atoms with E-state index in [0.717, 1.165) is 35.4 Å². The zero-order valence-electron chi connectivity index (χ0n) is 15.5. The van der Waals surface area contributed by atoms with Gasteiger partial charge in [0.2, 0.25) is 0 Å². The smallest absolute Gasteiger partial charge is 0.273 e. The summed E-state index contributed by atoms with van der Waals surface area (Å²) < 4.78 is 12.9. The van der Waals surface area contributed by atoms with E-state index in [2.05, 4.69) is 15.4 Å². The number of oxazole rings is 1. The Morgan fingerprint density at radius 1 is 1.37 bits per heavy atom. The number of aryl methyl sites for hydroxylation is 2. The number of hydrogen-bond acceptors (Lipinski definition) is 5. The fourth-order valence-electron chi connectivity index (χ4n) is 3.46. The van der Waals surface area contributed by atoms with Gasteiger partial charge in [0.25, 0.3) is 5.91 Å². The van der Waals surface area contributed by atoms with Gasteiger partial charge in [-0.15, -0.1) is 0 Å². The average molecular weight is 366 g/mol. The third-order valence-corrected chi connectivity index (χ3v) is 4.80. The first-order valence-corrected chi connectivity index (χ1v) is 9.03. The van der Waals surface area contributed by atoms with E-state index in [-0.39, 0.29) is 5.91 Å². The Kier molecular flexibility index (Phi) is 4.77. The van der Waals surface area contributed by atoms with Crippen molar-refractivity contribution in [1.82, 2.24) is 20.1 Å². The zero-order valence-corrected chi connectivity index (χ0v) is 15.5. The molecule has 1 aromatic carbocycles. The minimum Gasteiger partial charge on any atom is -0.443 e. The van der Waals surface area contributed by atoms with E-state index < -0.39 is 0 Å². The lowest BCUT2D eigenvalue weighted by Gasteiger charge is -2.13. The van der Waals surface area contributed by atoms with Gasteiger partial charge in [-0.3, -0.25) is 9.48 Å². The first-order chi connectivity index (χ1) is 13.1. The summed E-state index contributed by atoms with van der Waals surface area (Å²) in [5.74, 6) is 0.237. The molecule has 140 valence electrons. The second-order valence-corrected chi connectivity index (χ2v) is 6.70. The van der Waals surface area contributed by atoms with Crippen LogP contribution in [0.15, 0.2) is 35.1 Å². The van der Waals surface area contributed by atoms with Crippen molar-refractivity contribution in [1.29, 1.82) is 0 Å². The van der Waals surface area contributed by atoms with Crippen molar-refractivity contribution in [2.75, 3.05) is 13.2 Å². The summed E-state index contributed by atoms with van der Waals surface area (Å²) >= 11 is 0. The highest BCUT2D eigenvalue weighted by Gasteiger charge is 2.21.